The standard InChI is InChI=1S/C24H24BrNO5/c1-4-30-24(28)21-13(2)26-17-10-14(19-6-5-9-31-19)11-18(27)23(17)22(21)16-12-15(25)7-8-20(16)29-3/h5-9,12,14,22,26H,4,10-11H2,1-3H3/t14-,22+/m0/s1. The highest BCUT2D eigenvalue weighted by Gasteiger charge is 2.42. The van der Waals surface area contributed by atoms with Gasteiger partial charge in [-0.1, -0.05) is 15.9 Å². The van der Waals surface area contributed by atoms with E-state index in [-0.39, 0.29) is 18.3 Å². The van der Waals surface area contributed by atoms with Gasteiger partial charge in [0.1, 0.15) is 11.5 Å². The lowest BCUT2D eigenvalue weighted by molar-refractivity contribution is -0.138. The van der Waals surface area contributed by atoms with Crippen LogP contribution in [-0.2, 0) is 14.3 Å². The summed E-state index contributed by atoms with van der Waals surface area (Å²) in [5.41, 5.74) is 3.26. The Kier molecular flexibility index (Phi) is 6.05. The Morgan fingerprint density at radius 2 is 2.10 bits per heavy atom. The van der Waals surface area contributed by atoms with Crippen LogP contribution < -0.4 is 10.1 Å². The SMILES string of the molecule is CCOC(=O)C1=C(C)NC2=C(C(=O)C[C@@H](c3ccco3)C2)[C@@H]1c1cc(Br)ccc1OC. The van der Waals surface area contributed by atoms with E-state index in [1.165, 1.54) is 0 Å². The van der Waals surface area contributed by atoms with Crippen LogP contribution in [-0.4, -0.2) is 25.5 Å². The smallest absolute Gasteiger partial charge is 0.336 e. The average molecular weight is 486 g/mol. The molecule has 1 N–H and O–H groups in total. The van der Waals surface area contributed by atoms with Gasteiger partial charge in [0.15, 0.2) is 5.78 Å². The second-order valence-corrected chi connectivity index (χ2v) is 8.56. The summed E-state index contributed by atoms with van der Waals surface area (Å²) in [7, 11) is 1.58. The van der Waals surface area contributed by atoms with Crippen LogP contribution in [0.2, 0.25) is 0 Å². The molecule has 0 fully saturated rings. The molecule has 4 rings (SSSR count). The Balaban J connectivity index is 1.87. The van der Waals surface area contributed by atoms with E-state index >= 15 is 0 Å². The van der Waals surface area contributed by atoms with Crippen LogP contribution in [0.25, 0.3) is 0 Å². The number of hydrogen-bond donors (Lipinski definition) is 1. The molecule has 2 heterocycles. The highest BCUT2D eigenvalue weighted by molar-refractivity contribution is 9.10. The van der Waals surface area contributed by atoms with Crippen molar-refractivity contribution in [3.8, 4) is 5.75 Å². The summed E-state index contributed by atoms with van der Waals surface area (Å²) in [5.74, 6) is 0.320. The van der Waals surface area contributed by atoms with Crippen molar-refractivity contribution in [2.24, 2.45) is 0 Å². The summed E-state index contributed by atoms with van der Waals surface area (Å²) >= 11 is 3.52. The molecule has 162 valence electrons. The lowest BCUT2D eigenvalue weighted by Gasteiger charge is -2.36. The summed E-state index contributed by atoms with van der Waals surface area (Å²) in [6.07, 6.45) is 2.56. The molecule has 1 aromatic carbocycles. The molecule has 6 nitrogen and oxygen atoms in total. The van der Waals surface area contributed by atoms with Gasteiger partial charge in [0.25, 0.3) is 0 Å². The van der Waals surface area contributed by atoms with Crippen molar-refractivity contribution >= 4 is 27.7 Å². The van der Waals surface area contributed by atoms with Gasteiger partial charge in [-0.15, -0.1) is 0 Å². The fourth-order valence-electron chi connectivity index (χ4n) is 4.49. The quantitative estimate of drug-likeness (QED) is 0.602. The maximum atomic E-state index is 13.5. The number of nitrogens with one attached hydrogen (secondary N) is 1. The van der Waals surface area contributed by atoms with E-state index in [4.69, 9.17) is 13.9 Å². The summed E-state index contributed by atoms with van der Waals surface area (Å²) in [5, 5.41) is 3.33. The summed E-state index contributed by atoms with van der Waals surface area (Å²) < 4.78 is 17.4. The molecule has 1 aliphatic carbocycles. The molecule has 0 saturated heterocycles. The van der Waals surface area contributed by atoms with Gasteiger partial charge >= 0.3 is 5.97 Å². The first-order valence-electron chi connectivity index (χ1n) is 10.2. The number of halogens is 1. The number of furan rings is 1. The maximum Gasteiger partial charge on any atom is 0.336 e. The predicted octanol–water partition coefficient (Wildman–Crippen LogP) is 4.98. The molecular weight excluding hydrogens is 462 g/mol. The molecule has 0 spiro atoms. The number of ether oxygens (including phenoxy) is 2. The minimum atomic E-state index is -0.576. The van der Waals surface area contributed by atoms with Crippen LogP contribution in [0.5, 0.6) is 5.75 Å². The number of allylic oxidation sites excluding steroid dienone is 3. The molecule has 0 radical (unpaired) electrons. The molecule has 0 unspecified atom stereocenters. The summed E-state index contributed by atoms with van der Waals surface area (Å²) in [4.78, 5) is 26.5. The van der Waals surface area contributed by atoms with Crippen molar-refractivity contribution in [1.29, 1.82) is 0 Å². The van der Waals surface area contributed by atoms with Gasteiger partial charge in [-0.3, -0.25) is 4.79 Å². The molecule has 2 atom stereocenters. The second kappa shape index (κ2) is 8.75. The Bertz CT molecular complexity index is 1080. The average Bonchev–Trinajstić information content (AvgIpc) is 3.27. The van der Waals surface area contributed by atoms with Crippen LogP contribution in [0.3, 0.4) is 0 Å². The van der Waals surface area contributed by atoms with Gasteiger partial charge in [0.05, 0.1) is 31.5 Å². The number of carbonyl (C=O) groups is 2. The van der Waals surface area contributed by atoms with Crippen molar-refractivity contribution in [2.75, 3.05) is 13.7 Å². The molecule has 2 aromatic rings. The molecule has 1 aromatic heterocycles. The molecular formula is C24H24BrNO5. The minimum absolute atomic E-state index is 0.0172. The molecule has 0 saturated carbocycles. The van der Waals surface area contributed by atoms with E-state index < -0.39 is 11.9 Å². The van der Waals surface area contributed by atoms with E-state index in [9.17, 15) is 9.59 Å². The number of benzene rings is 1. The lowest BCUT2D eigenvalue weighted by atomic mass is 9.72. The highest BCUT2D eigenvalue weighted by atomic mass is 79.9. The predicted molar refractivity (Wildman–Crippen MR) is 119 cm³/mol. The zero-order chi connectivity index (χ0) is 22.1. The maximum absolute atomic E-state index is 13.5. The minimum Gasteiger partial charge on any atom is -0.496 e. The van der Waals surface area contributed by atoms with Gasteiger partial charge in [-0.25, -0.2) is 4.79 Å². The van der Waals surface area contributed by atoms with Crippen molar-refractivity contribution in [1.82, 2.24) is 5.32 Å². The summed E-state index contributed by atoms with van der Waals surface area (Å²) in [6, 6.07) is 9.33. The van der Waals surface area contributed by atoms with Crippen molar-refractivity contribution in [2.45, 2.75) is 38.5 Å². The summed E-state index contributed by atoms with van der Waals surface area (Å²) in [6.45, 7) is 3.86. The van der Waals surface area contributed by atoms with Gasteiger partial charge < -0.3 is 19.2 Å². The molecule has 0 bridgehead atoms. The van der Waals surface area contributed by atoms with E-state index in [1.54, 1.807) is 20.3 Å². The normalized spacial score (nSPS) is 21.0. The van der Waals surface area contributed by atoms with E-state index in [0.717, 1.165) is 21.5 Å². The monoisotopic (exact) mass is 485 g/mol. The number of rotatable bonds is 5. The fourth-order valence-corrected chi connectivity index (χ4v) is 4.86. The van der Waals surface area contributed by atoms with Crippen LogP contribution in [0.15, 0.2) is 68.0 Å². The third-order valence-electron chi connectivity index (χ3n) is 5.77. The Morgan fingerprint density at radius 1 is 1.29 bits per heavy atom. The number of esters is 1. The first-order chi connectivity index (χ1) is 14.9. The largest absolute Gasteiger partial charge is 0.496 e. The zero-order valence-corrected chi connectivity index (χ0v) is 19.2. The van der Waals surface area contributed by atoms with Gasteiger partial charge in [0, 0.05) is 39.3 Å². The number of dihydropyridines is 1. The van der Waals surface area contributed by atoms with Gasteiger partial charge in [-0.2, -0.15) is 0 Å². The first-order valence-corrected chi connectivity index (χ1v) is 11.0. The van der Waals surface area contributed by atoms with Gasteiger partial charge in [-0.05, 0) is 50.6 Å². The van der Waals surface area contributed by atoms with Crippen LogP contribution in [0.1, 0.15) is 49.8 Å². The van der Waals surface area contributed by atoms with Crippen molar-refractivity contribution < 1.29 is 23.5 Å². The highest BCUT2D eigenvalue weighted by Crippen LogP contribution is 2.48. The lowest BCUT2D eigenvalue weighted by Crippen LogP contribution is -2.36. The second-order valence-electron chi connectivity index (χ2n) is 7.64. The number of ketones is 1. The number of Topliss-reactive ketones (excluding diaryl/α,β-unsaturated/α-hetero) is 1. The Morgan fingerprint density at radius 3 is 2.77 bits per heavy atom. The molecule has 31 heavy (non-hydrogen) atoms. The number of carbonyl (C=O) groups excluding carboxylic acids is 2. The van der Waals surface area contributed by atoms with Crippen molar-refractivity contribution in [3.05, 3.63) is 74.9 Å². The Labute approximate surface area is 189 Å². The zero-order valence-electron chi connectivity index (χ0n) is 17.7. The number of methoxy groups -OCH3 is 1. The van der Waals surface area contributed by atoms with Crippen molar-refractivity contribution in [3.63, 3.8) is 0 Å². The molecule has 0 amide bonds. The molecule has 2 aliphatic rings. The van der Waals surface area contributed by atoms with Crippen LogP contribution in [0, 0.1) is 0 Å². The van der Waals surface area contributed by atoms with Crippen LogP contribution in [0.4, 0.5) is 0 Å². The molecule has 7 heteroatoms. The Hall–Kier alpha value is -2.80. The molecule has 1 aliphatic heterocycles. The third kappa shape index (κ3) is 3.94. The van der Waals surface area contributed by atoms with Crippen LogP contribution >= 0.6 is 15.9 Å². The topological polar surface area (TPSA) is 77.8 Å². The van der Waals surface area contributed by atoms with Gasteiger partial charge in [0.2, 0.25) is 0 Å². The third-order valence-corrected chi connectivity index (χ3v) is 6.26. The number of hydrogen-bond acceptors (Lipinski definition) is 6. The van der Waals surface area contributed by atoms with E-state index in [2.05, 4.69) is 21.2 Å². The fraction of sp³-hybridized carbons (Fsp3) is 0.333. The van der Waals surface area contributed by atoms with E-state index in [1.807, 2.05) is 37.3 Å². The van der Waals surface area contributed by atoms with E-state index in [0.29, 0.717) is 35.4 Å². The first kappa shape index (κ1) is 21.4.